The molecule has 0 bridgehead atoms. The fraction of sp³-hybridized carbons (Fsp3) is 0.929. The summed E-state index contributed by atoms with van der Waals surface area (Å²) in [6.45, 7) is 4.12. The fourth-order valence-electron chi connectivity index (χ4n) is 3.25. The van der Waals surface area contributed by atoms with Crippen molar-refractivity contribution < 1.29 is 9.90 Å². The van der Waals surface area contributed by atoms with Crippen LogP contribution in [0.3, 0.4) is 0 Å². The molecule has 0 unspecified atom stereocenters. The summed E-state index contributed by atoms with van der Waals surface area (Å²) < 4.78 is 0. The van der Waals surface area contributed by atoms with Gasteiger partial charge in [0, 0.05) is 25.1 Å². The standard InChI is InChI=1S/C14H25NO2/c1-14(7-3-2-4-8-14)13(17)15-9-5-12(11-16)6-10-15/h12,16H,2-11H2,1H3. The second-order valence-corrected chi connectivity index (χ2v) is 6.04. The molecule has 0 atom stereocenters. The molecule has 3 heteroatoms. The second-order valence-electron chi connectivity index (χ2n) is 6.04. The van der Waals surface area contributed by atoms with Gasteiger partial charge in [-0.2, -0.15) is 0 Å². The highest BCUT2D eigenvalue weighted by Crippen LogP contribution is 2.38. The Hall–Kier alpha value is -0.570. The van der Waals surface area contributed by atoms with Crippen LogP contribution in [-0.4, -0.2) is 35.6 Å². The maximum atomic E-state index is 12.5. The highest BCUT2D eigenvalue weighted by molar-refractivity contribution is 5.82. The Kier molecular flexibility index (Phi) is 4.08. The number of carbonyl (C=O) groups excluding carboxylic acids is 1. The van der Waals surface area contributed by atoms with Crippen LogP contribution in [-0.2, 0) is 4.79 Å². The van der Waals surface area contributed by atoms with Crippen molar-refractivity contribution in [3.63, 3.8) is 0 Å². The first-order valence-electron chi connectivity index (χ1n) is 7.06. The van der Waals surface area contributed by atoms with Crippen molar-refractivity contribution in [2.24, 2.45) is 11.3 Å². The van der Waals surface area contributed by atoms with Crippen molar-refractivity contribution in [3.8, 4) is 0 Å². The SMILES string of the molecule is CC1(C(=O)N2CCC(CO)CC2)CCCCC1. The lowest BCUT2D eigenvalue weighted by Gasteiger charge is -2.40. The second kappa shape index (κ2) is 5.38. The van der Waals surface area contributed by atoms with Crippen LogP contribution in [0.5, 0.6) is 0 Å². The number of amides is 1. The number of carbonyl (C=O) groups is 1. The number of aliphatic hydroxyl groups excluding tert-OH is 1. The number of likely N-dealkylation sites (tertiary alicyclic amines) is 1. The van der Waals surface area contributed by atoms with Gasteiger partial charge in [0.2, 0.25) is 5.91 Å². The lowest BCUT2D eigenvalue weighted by atomic mass is 9.74. The summed E-state index contributed by atoms with van der Waals surface area (Å²) in [5.41, 5.74) is -0.0930. The van der Waals surface area contributed by atoms with E-state index in [1.807, 2.05) is 4.90 Å². The minimum atomic E-state index is -0.0930. The van der Waals surface area contributed by atoms with Crippen molar-refractivity contribution >= 4 is 5.91 Å². The summed E-state index contributed by atoms with van der Waals surface area (Å²) in [5.74, 6) is 0.784. The maximum Gasteiger partial charge on any atom is 0.228 e. The van der Waals surface area contributed by atoms with E-state index in [2.05, 4.69) is 6.92 Å². The van der Waals surface area contributed by atoms with E-state index in [4.69, 9.17) is 5.11 Å². The molecule has 2 fully saturated rings. The van der Waals surface area contributed by atoms with Crippen LogP contribution >= 0.6 is 0 Å². The van der Waals surface area contributed by atoms with Crippen molar-refractivity contribution in [1.82, 2.24) is 4.90 Å². The van der Waals surface area contributed by atoms with Gasteiger partial charge in [0.15, 0.2) is 0 Å². The first-order chi connectivity index (χ1) is 8.15. The molecule has 1 N–H and O–H groups in total. The first-order valence-corrected chi connectivity index (χ1v) is 7.06. The molecule has 0 spiro atoms. The zero-order valence-corrected chi connectivity index (χ0v) is 11.0. The number of nitrogens with zero attached hydrogens (tertiary/aromatic N) is 1. The summed E-state index contributed by atoms with van der Waals surface area (Å²) in [7, 11) is 0. The Bertz CT molecular complexity index is 263. The summed E-state index contributed by atoms with van der Waals surface area (Å²) in [6, 6.07) is 0. The molecular formula is C14H25NO2. The highest BCUT2D eigenvalue weighted by atomic mass is 16.3. The minimum Gasteiger partial charge on any atom is -0.396 e. The van der Waals surface area contributed by atoms with Gasteiger partial charge in [0.1, 0.15) is 0 Å². The molecule has 1 heterocycles. The topological polar surface area (TPSA) is 40.5 Å². The van der Waals surface area contributed by atoms with Crippen LogP contribution in [0.1, 0.15) is 51.9 Å². The molecule has 0 aromatic rings. The third kappa shape index (κ3) is 2.82. The quantitative estimate of drug-likeness (QED) is 0.802. The fourth-order valence-corrected chi connectivity index (χ4v) is 3.25. The summed E-state index contributed by atoms with van der Waals surface area (Å²) in [5, 5.41) is 9.11. The Morgan fingerprint density at radius 1 is 1.24 bits per heavy atom. The molecule has 3 nitrogen and oxygen atoms in total. The van der Waals surface area contributed by atoms with E-state index in [-0.39, 0.29) is 12.0 Å². The maximum absolute atomic E-state index is 12.5. The monoisotopic (exact) mass is 239 g/mol. The van der Waals surface area contributed by atoms with E-state index in [0.29, 0.717) is 11.8 Å². The van der Waals surface area contributed by atoms with Crippen molar-refractivity contribution in [1.29, 1.82) is 0 Å². The molecule has 17 heavy (non-hydrogen) atoms. The smallest absolute Gasteiger partial charge is 0.228 e. The summed E-state index contributed by atoms with van der Waals surface area (Å²) in [4.78, 5) is 14.6. The molecule has 0 aromatic heterocycles. The van der Waals surface area contributed by atoms with Gasteiger partial charge >= 0.3 is 0 Å². The molecule has 1 aliphatic heterocycles. The largest absolute Gasteiger partial charge is 0.396 e. The summed E-state index contributed by atoms with van der Waals surface area (Å²) in [6.07, 6.45) is 7.76. The molecule has 1 aliphatic carbocycles. The van der Waals surface area contributed by atoms with Gasteiger partial charge in [-0.1, -0.05) is 26.2 Å². The first kappa shape index (κ1) is 12.9. The minimum absolute atomic E-state index is 0.0930. The predicted octanol–water partition coefficient (Wildman–Crippen LogP) is 2.19. The van der Waals surface area contributed by atoms with Gasteiger partial charge in [-0.15, -0.1) is 0 Å². The van der Waals surface area contributed by atoms with E-state index < -0.39 is 0 Å². The average molecular weight is 239 g/mol. The van der Waals surface area contributed by atoms with E-state index in [9.17, 15) is 4.79 Å². The van der Waals surface area contributed by atoms with Crippen LogP contribution < -0.4 is 0 Å². The zero-order chi connectivity index (χ0) is 12.3. The number of hydrogen-bond donors (Lipinski definition) is 1. The van der Waals surface area contributed by atoms with Gasteiger partial charge in [-0.05, 0) is 31.6 Å². The Morgan fingerprint density at radius 3 is 2.35 bits per heavy atom. The van der Waals surface area contributed by atoms with Gasteiger partial charge in [0.05, 0.1) is 0 Å². The lowest BCUT2D eigenvalue weighted by Crippen LogP contribution is -2.47. The molecule has 0 aromatic carbocycles. The third-order valence-corrected chi connectivity index (χ3v) is 4.63. The van der Waals surface area contributed by atoms with E-state index >= 15 is 0 Å². The Balaban J connectivity index is 1.91. The number of piperidine rings is 1. The number of hydrogen-bond acceptors (Lipinski definition) is 2. The molecule has 98 valence electrons. The zero-order valence-electron chi connectivity index (χ0n) is 11.0. The van der Waals surface area contributed by atoms with Crippen molar-refractivity contribution in [3.05, 3.63) is 0 Å². The molecule has 2 aliphatic rings. The Morgan fingerprint density at radius 2 is 1.82 bits per heavy atom. The van der Waals surface area contributed by atoms with Crippen LogP contribution in [0.25, 0.3) is 0 Å². The van der Waals surface area contributed by atoms with Crippen LogP contribution in [0.4, 0.5) is 0 Å². The molecule has 2 rings (SSSR count). The predicted molar refractivity (Wildman–Crippen MR) is 67.6 cm³/mol. The van der Waals surface area contributed by atoms with Gasteiger partial charge in [0.25, 0.3) is 0 Å². The van der Waals surface area contributed by atoms with Gasteiger partial charge in [-0.25, -0.2) is 0 Å². The molecule has 0 radical (unpaired) electrons. The lowest BCUT2D eigenvalue weighted by molar-refractivity contribution is -0.144. The number of aliphatic hydroxyl groups is 1. The van der Waals surface area contributed by atoms with Crippen LogP contribution in [0, 0.1) is 11.3 Å². The summed E-state index contributed by atoms with van der Waals surface area (Å²) >= 11 is 0. The molecule has 1 saturated heterocycles. The van der Waals surface area contributed by atoms with Crippen LogP contribution in [0.2, 0.25) is 0 Å². The number of rotatable bonds is 2. The normalized spacial score (nSPS) is 25.9. The average Bonchev–Trinajstić information content (AvgIpc) is 2.39. The van der Waals surface area contributed by atoms with Crippen LogP contribution in [0.15, 0.2) is 0 Å². The van der Waals surface area contributed by atoms with E-state index in [1.165, 1.54) is 19.3 Å². The van der Waals surface area contributed by atoms with E-state index in [0.717, 1.165) is 38.8 Å². The third-order valence-electron chi connectivity index (χ3n) is 4.63. The van der Waals surface area contributed by atoms with Crippen molar-refractivity contribution in [2.75, 3.05) is 19.7 Å². The van der Waals surface area contributed by atoms with Gasteiger partial charge in [-0.3, -0.25) is 4.79 Å². The molecular weight excluding hydrogens is 214 g/mol. The van der Waals surface area contributed by atoms with E-state index in [1.54, 1.807) is 0 Å². The van der Waals surface area contributed by atoms with Gasteiger partial charge < -0.3 is 10.0 Å². The molecule has 1 amide bonds. The van der Waals surface area contributed by atoms with Crippen molar-refractivity contribution in [2.45, 2.75) is 51.9 Å². The highest BCUT2D eigenvalue weighted by Gasteiger charge is 2.38. The Labute approximate surface area is 104 Å². The molecule has 1 saturated carbocycles.